The normalized spacial score (nSPS) is 13.3. The minimum atomic E-state index is -0.0328. The van der Waals surface area contributed by atoms with Crippen molar-refractivity contribution in [2.75, 3.05) is 25.5 Å². The molecule has 0 bridgehead atoms. The van der Waals surface area contributed by atoms with Gasteiger partial charge in [0, 0.05) is 31.3 Å². The van der Waals surface area contributed by atoms with E-state index >= 15 is 0 Å². The second-order valence-electron chi connectivity index (χ2n) is 7.03. The van der Waals surface area contributed by atoms with Crippen molar-refractivity contribution < 1.29 is 9.53 Å². The Labute approximate surface area is 170 Å². The molecule has 6 heteroatoms. The van der Waals surface area contributed by atoms with Crippen molar-refractivity contribution in [3.8, 4) is 17.1 Å². The number of rotatable bonds is 6. The second-order valence-corrected chi connectivity index (χ2v) is 7.03. The van der Waals surface area contributed by atoms with Crippen LogP contribution in [-0.4, -0.2) is 41.0 Å². The van der Waals surface area contributed by atoms with Crippen LogP contribution in [0.5, 0.6) is 5.75 Å². The van der Waals surface area contributed by atoms with Gasteiger partial charge in [-0.1, -0.05) is 42.5 Å². The smallest absolute Gasteiger partial charge is 0.272 e. The number of nitrogens with zero attached hydrogens (tertiary/aromatic N) is 3. The maximum Gasteiger partial charge on any atom is 0.272 e. The minimum absolute atomic E-state index is 0.0328. The lowest BCUT2D eigenvalue weighted by Gasteiger charge is -2.16. The molecule has 1 amide bonds. The van der Waals surface area contributed by atoms with Gasteiger partial charge in [-0.25, -0.2) is 9.97 Å². The number of aromatic nitrogens is 2. The van der Waals surface area contributed by atoms with Gasteiger partial charge < -0.3 is 15.0 Å². The molecule has 1 aliphatic rings. The van der Waals surface area contributed by atoms with Crippen LogP contribution in [-0.2, 0) is 6.54 Å². The van der Waals surface area contributed by atoms with Crippen LogP contribution in [0.25, 0.3) is 11.4 Å². The van der Waals surface area contributed by atoms with Crippen LogP contribution in [0.15, 0.2) is 60.7 Å². The number of amides is 1. The van der Waals surface area contributed by atoms with Gasteiger partial charge in [-0.2, -0.15) is 0 Å². The maximum absolute atomic E-state index is 12.9. The summed E-state index contributed by atoms with van der Waals surface area (Å²) in [5.41, 5.74) is 2.41. The first-order valence-electron chi connectivity index (χ1n) is 9.83. The van der Waals surface area contributed by atoms with Crippen LogP contribution >= 0.6 is 0 Å². The van der Waals surface area contributed by atoms with Gasteiger partial charge in [0.05, 0.1) is 7.11 Å². The number of hydrogen-bond acceptors (Lipinski definition) is 5. The zero-order valence-corrected chi connectivity index (χ0v) is 16.5. The van der Waals surface area contributed by atoms with E-state index < -0.39 is 0 Å². The summed E-state index contributed by atoms with van der Waals surface area (Å²) in [6.45, 7) is 2.17. The van der Waals surface area contributed by atoms with Crippen molar-refractivity contribution in [1.29, 1.82) is 0 Å². The molecule has 0 atom stereocenters. The molecule has 0 radical (unpaired) electrons. The van der Waals surface area contributed by atoms with Gasteiger partial charge in [-0.3, -0.25) is 4.79 Å². The summed E-state index contributed by atoms with van der Waals surface area (Å²) in [7, 11) is 1.65. The van der Waals surface area contributed by atoms with Crippen LogP contribution in [0.2, 0.25) is 0 Å². The number of carbonyl (C=O) groups is 1. The highest BCUT2D eigenvalue weighted by molar-refractivity contribution is 5.93. The predicted octanol–water partition coefficient (Wildman–Crippen LogP) is 4.00. The van der Waals surface area contributed by atoms with Crippen molar-refractivity contribution in [3.63, 3.8) is 0 Å². The summed E-state index contributed by atoms with van der Waals surface area (Å²) >= 11 is 0. The van der Waals surface area contributed by atoms with Crippen molar-refractivity contribution in [1.82, 2.24) is 14.9 Å². The molecule has 3 aromatic rings. The summed E-state index contributed by atoms with van der Waals surface area (Å²) in [6, 6.07) is 19.3. The standard InChI is InChI=1S/C23H24N4O2/c1-29-19-11-9-17(10-12-19)16-24-21-15-20(23(28)27-13-5-6-14-27)25-22(26-21)18-7-3-2-4-8-18/h2-4,7-12,15H,5-6,13-14,16H2,1H3,(H,24,25,26). The summed E-state index contributed by atoms with van der Waals surface area (Å²) in [6.07, 6.45) is 2.09. The molecule has 2 aromatic carbocycles. The van der Waals surface area contributed by atoms with Gasteiger partial charge in [0.2, 0.25) is 0 Å². The van der Waals surface area contributed by atoms with E-state index in [4.69, 9.17) is 4.74 Å². The van der Waals surface area contributed by atoms with Gasteiger partial charge in [0.25, 0.3) is 5.91 Å². The summed E-state index contributed by atoms with van der Waals surface area (Å²) in [4.78, 5) is 24.0. The molecule has 6 nitrogen and oxygen atoms in total. The Balaban J connectivity index is 1.60. The number of anilines is 1. The minimum Gasteiger partial charge on any atom is -0.497 e. The summed E-state index contributed by atoms with van der Waals surface area (Å²) in [5, 5.41) is 3.33. The summed E-state index contributed by atoms with van der Waals surface area (Å²) in [5.74, 6) is 1.97. The average Bonchev–Trinajstić information content (AvgIpc) is 3.33. The molecule has 148 valence electrons. The van der Waals surface area contributed by atoms with E-state index in [9.17, 15) is 4.79 Å². The highest BCUT2D eigenvalue weighted by atomic mass is 16.5. The Morgan fingerprint density at radius 2 is 1.76 bits per heavy atom. The van der Waals surface area contributed by atoms with E-state index in [2.05, 4.69) is 15.3 Å². The quantitative estimate of drug-likeness (QED) is 0.691. The maximum atomic E-state index is 12.9. The fraction of sp³-hybridized carbons (Fsp3) is 0.261. The number of carbonyl (C=O) groups excluding carboxylic acids is 1. The number of hydrogen-bond donors (Lipinski definition) is 1. The van der Waals surface area contributed by atoms with E-state index in [0.717, 1.165) is 42.8 Å². The fourth-order valence-corrected chi connectivity index (χ4v) is 3.38. The van der Waals surface area contributed by atoms with Crippen molar-refractivity contribution in [3.05, 3.63) is 71.9 Å². The third-order valence-corrected chi connectivity index (χ3v) is 5.00. The van der Waals surface area contributed by atoms with Crippen molar-refractivity contribution in [2.24, 2.45) is 0 Å². The van der Waals surface area contributed by atoms with Crippen LogP contribution in [0, 0.1) is 0 Å². The molecule has 1 saturated heterocycles. The molecule has 1 aromatic heterocycles. The zero-order valence-electron chi connectivity index (χ0n) is 16.5. The lowest BCUT2D eigenvalue weighted by Crippen LogP contribution is -2.28. The number of nitrogens with one attached hydrogen (secondary N) is 1. The first-order valence-corrected chi connectivity index (χ1v) is 9.83. The lowest BCUT2D eigenvalue weighted by molar-refractivity contribution is 0.0787. The van der Waals surface area contributed by atoms with Crippen LogP contribution in [0.3, 0.4) is 0 Å². The zero-order chi connectivity index (χ0) is 20.1. The largest absolute Gasteiger partial charge is 0.497 e. The lowest BCUT2D eigenvalue weighted by atomic mass is 10.2. The Kier molecular flexibility index (Phi) is 5.70. The molecular weight excluding hydrogens is 364 g/mol. The topological polar surface area (TPSA) is 67.3 Å². The predicted molar refractivity (Wildman–Crippen MR) is 113 cm³/mol. The van der Waals surface area contributed by atoms with Gasteiger partial charge in [-0.15, -0.1) is 0 Å². The Morgan fingerprint density at radius 3 is 2.45 bits per heavy atom. The molecule has 29 heavy (non-hydrogen) atoms. The van der Waals surface area contributed by atoms with Gasteiger partial charge in [0.1, 0.15) is 17.3 Å². The van der Waals surface area contributed by atoms with Gasteiger partial charge >= 0.3 is 0 Å². The van der Waals surface area contributed by atoms with Crippen LogP contribution in [0.1, 0.15) is 28.9 Å². The third-order valence-electron chi connectivity index (χ3n) is 5.00. The van der Waals surface area contributed by atoms with Gasteiger partial charge in [0.15, 0.2) is 5.82 Å². The van der Waals surface area contributed by atoms with E-state index in [-0.39, 0.29) is 5.91 Å². The molecule has 0 aliphatic carbocycles. The van der Waals surface area contributed by atoms with E-state index in [1.807, 2.05) is 59.5 Å². The molecule has 2 heterocycles. The van der Waals surface area contributed by atoms with E-state index in [0.29, 0.717) is 23.9 Å². The summed E-state index contributed by atoms with van der Waals surface area (Å²) < 4.78 is 5.20. The Morgan fingerprint density at radius 1 is 1.03 bits per heavy atom. The van der Waals surface area contributed by atoms with Crippen LogP contribution in [0.4, 0.5) is 5.82 Å². The number of ether oxygens (including phenoxy) is 1. The molecule has 0 spiro atoms. The highest BCUT2D eigenvalue weighted by Crippen LogP contribution is 2.21. The van der Waals surface area contributed by atoms with Crippen molar-refractivity contribution >= 4 is 11.7 Å². The Bertz CT molecular complexity index is 968. The second kappa shape index (κ2) is 8.73. The monoisotopic (exact) mass is 388 g/mol. The number of benzene rings is 2. The van der Waals surface area contributed by atoms with Gasteiger partial charge in [-0.05, 0) is 30.5 Å². The SMILES string of the molecule is COc1ccc(CNc2cc(C(=O)N3CCCC3)nc(-c3ccccc3)n2)cc1. The fourth-order valence-electron chi connectivity index (χ4n) is 3.38. The Hall–Kier alpha value is -3.41. The number of likely N-dealkylation sites (tertiary alicyclic amines) is 1. The van der Waals surface area contributed by atoms with E-state index in [1.165, 1.54) is 0 Å². The molecule has 0 saturated carbocycles. The highest BCUT2D eigenvalue weighted by Gasteiger charge is 2.22. The van der Waals surface area contributed by atoms with E-state index in [1.54, 1.807) is 13.2 Å². The first kappa shape index (κ1) is 18.9. The molecule has 1 fully saturated rings. The molecule has 4 rings (SSSR count). The molecule has 0 unspecified atom stereocenters. The first-order chi connectivity index (χ1) is 14.2. The average molecular weight is 388 g/mol. The molecular formula is C23H24N4O2. The molecule has 1 N–H and O–H groups in total. The van der Waals surface area contributed by atoms with Crippen molar-refractivity contribution in [2.45, 2.75) is 19.4 Å². The van der Waals surface area contributed by atoms with Crippen LogP contribution < -0.4 is 10.1 Å². The molecule has 1 aliphatic heterocycles. The number of methoxy groups -OCH3 is 1. The third kappa shape index (κ3) is 4.54.